The number of rotatable bonds is 7. The van der Waals surface area contributed by atoms with Gasteiger partial charge in [0.05, 0.1) is 29.4 Å². The van der Waals surface area contributed by atoms with E-state index in [0.717, 1.165) is 11.3 Å². The first-order valence-electron chi connectivity index (χ1n) is 10.4. The standard InChI is InChI=1S/C23H20ClF2N7O2/c1-12-3-5-14(6-4-12)11-33-13(2)20(30-32-33)10-27-23(35)19-9-21(31-29-19)28-22(34)15-7-17(25)18(26)8-16(15)24/h3-9H,10-11H2,1-2H3,(H,27,35)(H2,28,29,31,34). The molecule has 9 nitrogen and oxygen atoms in total. The highest BCUT2D eigenvalue weighted by Gasteiger charge is 2.18. The average molecular weight is 500 g/mol. The molecule has 0 spiro atoms. The Kier molecular flexibility index (Phi) is 6.87. The van der Waals surface area contributed by atoms with Crippen molar-refractivity contribution in [1.82, 2.24) is 30.5 Å². The van der Waals surface area contributed by atoms with E-state index in [2.05, 4.69) is 31.1 Å². The SMILES string of the molecule is Cc1ccc(Cn2nnc(CNC(=O)c3cc(NC(=O)c4cc(F)c(F)cc4Cl)n[nH]3)c2C)cc1. The van der Waals surface area contributed by atoms with Gasteiger partial charge in [-0.15, -0.1) is 5.10 Å². The van der Waals surface area contributed by atoms with Gasteiger partial charge in [-0.1, -0.05) is 46.6 Å². The third-order valence-corrected chi connectivity index (χ3v) is 5.58. The van der Waals surface area contributed by atoms with Gasteiger partial charge in [-0.3, -0.25) is 14.7 Å². The quantitative estimate of drug-likeness (QED) is 0.334. The summed E-state index contributed by atoms with van der Waals surface area (Å²) < 4.78 is 28.4. The second kappa shape index (κ2) is 10.0. The van der Waals surface area contributed by atoms with Gasteiger partial charge in [0.25, 0.3) is 11.8 Å². The second-order valence-corrected chi connectivity index (χ2v) is 8.22. The minimum Gasteiger partial charge on any atom is -0.345 e. The molecule has 0 saturated carbocycles. The van der Waals surface area contributed by atoms with Gasteiger partial charge in [0.2, 0.25) is 0 Å². The maximum Gasteiger partial charge on any atom is 0.269 e. The fourth-order valence-corrected chi connectivity index (χ4v) is 3.45. The molecule has 2 heterocycles. The summed E-state index contributed by atoms with van der Waals surface area (Å²) in [6, 6.07) is 10.8. The topological polar surface area (TPSA) is 118 Å². The van der Waals surface area contributed by atoms with Crippen molar-refractivity contribution < 1.29 is 18.4 Å². The molecular weight excluding hydrogens is 480 g/mol. The number of aromatic amines is 1. The molecule has 2 amide bonds. The number of anilines is 1. The Morgan fingerprint density at radius 3 is 2.51 bits per heavy atom. The molecule has 0 radical (unpaired) electrons. The number of nitrogens with one attached hydrogen (secondary N) is 3. The summed E-state index contributed by atoms with van der Waals surface area (Å²) in [6.07, 6.45) is 0. The van der Waals surface area contributed by atoms with Crippen molar-refractivity contribution in [3.63, 3.8) is 0 Å². The number of hydrogen-bond donors (Lipinski definition) is 3. The molecule has 4 rings (SSSR count). The molecule has 4 aromatic rings. The number of hydrogen-bond acceptors (Lipinski definition) is 5. The van der Waals surface area contributed by atoms with Gasteiger partial charge in [0, 0.05) is 6.07 Å². The maximum atomic E-state index is 13.4. The monoisotopic (exact) mass is 499 g/mol. The number of carbonyl (C=O) groups excluding carboxylic acids is 2. The molecule has 0 fully saturated rings. The highest BCUT2D eigenvalue weighted by Crippen LogP contribution is 2.21. The number of halogens is 3. The van der Waals surface area contributed by atoms with Crippen LogP contribution in [0.5, 0.6) is 0 Å². The normalized spacial score (nSPS) is 10.9. The Labute approximate surface area is 203 Å². The van der Waals surface area contributed by atoms with E-state index >= 15 is 0 Å². The lowest BCUT2D eigenvalue weighted by molar-refractivity contribution is 0.0944. The van der Waals surface area contributed by atoms with E-state index in [1.807, 2.05) is 38.1 Å². The number of nitrogens with zero attached hydrogens (tertiary/aromatic N) is 4. The Bertz CT molecular complexity index is 1400. The smallest absolute Gasteiger partial charge is 0.269 e. The van der Waals surface area contributed by atoms with Gasteiger partial charge in [-0.2, -0.15) is 5.10 Å². The summed E-state index contributed by atoms with van der Waals surface area (Å²) >= 11 is 5.81. The predicted octanol–water partition coefficient (Wildman–Crippen LogP) is 3.78. The summed E-state index contributed by atoms with van der Waals surface area (Å²) in [5.41, 5.74) is 3.46. The molecule has 2 aromatic carbocycles. The maximum absolute atomic E-state index is 13.4. The third-order valence-electron chi connectivity index (χ3n) is 5.27. The molecule has 0 aliphatic heterocycles. The van der Waals surface area contributed by atoms with Crippen LogP contribution in [0.15, 0.2) is 42.5 Å². The summed E-state index contributed by atoms with van der Waals surface area (Å²) in [7, 11) is 0. The average Bonchev–Trinajstić information content (AvgIpc) is 3.43. The predicted molar refractivity (Wildman–Crippen MR) is 124 cm³/mol. The number of H-pyrrole nitrogens is 1. The molecule has 0 bridgehead atoms. The first kappa shape index (κ1) is 24.0. The van der Waals surface area contributed by atoms with Gasteiger partial charge >= 0.3 is 0 Å². The van der Waals surface area contributed by atoms with Crippen molar-refractivity contribution in [2.45, 2.75) is 26.9 Å². The van der Waals surface area contributed by atoms with Crippen LogP contribution in [0.2, 0.25) is 5.02 Å². The molecule has 3 N–H and O–H groups in total. The van der Waals surface area contributed by atoms with Gasteiger partial charge in [-0.05, 0) is 31.5 Å². The number of amides is 2. The lowest BCUT2D eigenvalue weighted by atomic mass is 10.1. The minimum atomic E-state index is -1.22. The number of carbonyl (C=O) groups is 2. The summed E-state index contributed by atoms with van der Waals surface area (Å²) in [5, 5.41) is 19.5. The van der Waals surface area contributed by atoms with Crippen LogP contribution in [-0.2, 0) is 13.1 Å². The van der Waals surface area contributed by atoms with Crippen LogP contribution < -0.4 is 10.6 Å². The van der Waals surface area contributed by atoms with Gasteiger partial charge in [-0.25, -0.2) is 13.5 Å². The van der Waals surface area contributed by atoms with Crippen LogP contribution in [0.25, 0.3) is 0 Å². The lowest BCUT2D eigenvalue weighted by Gasteiger charge is -2.05. The highest BCUT2D eigenvalue weighted by atomic mass is 35.5. The van der Waals surface area contributed by atoms with Crippen molar-refractivity contribution >= 4 is 29.2 Å². The first-order valence-corrected chi connectivity index (χ1v) is 10.8. The van der Waals surface area contributed by atoms with E-state index in [1.54, 1.807) is 4.68 Å². The molecular formula is C23H20ClF2N7O2. The Morgan fingerprint density at radius 2 is 1.77 bits per heavy atom. The fourth-order valence-electron chi connectivity index (χ4n) is 3.22. The minimum absolute atomic E-state index is 0.00109. The Morgan fingerprint density at radius 1 is 1.06 bits per heavy atom. The molecule has 35 heavy (non-hydrogen) atoms. The van der Waals surface area contributed by atoms with E-state index in [-0.39, 0.29) is 28.6 Å². The molecule has 0 saturated heterocycles. The van der Waals surface area contributed by atoms with E-state index in [9.17, 15) is 18.4 Å². The Balaban J connectivity index is 1.36. The zero-order chi connectivity index (χ0) is 25.1. The van der Waals surface area contributed by atoms with Gasteiger partial charge < -0.3 is 10.6 Å². The molecule has 0 aliphatic rings. The fraction of sp³-hybridized carbons (Fsp3) is 0.174. The molecule has 2 aromatic heterocycles. The van der Waals surface area contributed by atoms with E-state index in [4.69, 9.17) is 11.6 Å². The zero-order valence-corrected chi connectivity index (χ0v) is 19.5. The van der Waals surface area contributed by atoms with Crippen LogP contribution in [0.1, 0.15) is 43.4 Å². The van der Waals surface area contributed by atoms with Crippen molar-refractivity contribution in [1.29, 1.82) is 0 Å². The molecule has 0 aliphatic carbocycles. The number of aromatic nitrogens is 5. The molecule has 12 heteroatoms. The Hall–Kier alpha value is -4.12. The van der Waals surface area contributed by atoms with E-state index in [1.165, 1.54) is 11.6 Å². The lowest BCUT2D eigenvalue weighted by Crippen LogP contribution is -2.23. The zero-order valence-electron chi connectivity index (χ0n) is 18.7. The third kappa shape index (κ3) is 5.52. The van der Waals surface area contributed by atoms with Crippen LogP contribution >= 0.6 is 11.6 Å². The molecule has 180 valence electrons. The largest absolute Gasteiger partial charge is 0.345 e. The van der Waals surface area contributed by atoms with E-state index < -0.39 is 23.4 Å². The number of aryl methyl sites for hydroxylation is 1. The van der Waals surface area contributed by atoms with Gasteiger partial charge in [0.1, 0.15) is 11.4 Å². The van der Waals surface area contributed by atoms with Crippen molar-refractivity contribution in [3.05, 3.63) is 92.9 Å². The van der Waals surface area contributed by atoms with Crippen molar-refractivity contribution in [3.8, 4) is 0 Å². The van der Waals surface area contributed by atoms with Crippen molar-refractivity contribution in [2.75, 3.05) is 5.32 Å². The van der Waals surface area contributed by atoms with Crippen molar-refractivity contribution in [2.24, 2.45) is 0 Å². The van der Waals surface area contributed by atoms with Crippen LogP contribution in [0.3, 0.4) is 0 Å². The molecule has 0 atom stereocenters. The van der Waals surface area contributed by atoms with Gasteiger partial charge in [0.15, 0.2) is 17.5 Å². The highest BCUT2D eigenvalue weighted by molar-refractivity contribution is 6.34. The van der Waals surface area contributed by atoms with Crippen LogP contribution in [0, 0.1) is 25.5 Å². The van der Waals surface area contributed by atoms with E-state index in [0.29, 0.717) is 24.4 Å². The van der Waals surface area contributed by atoms with Crippen LogP contribution in [0.4, 0.5) is 14.6 Å². The summed E-state index contributed by atoms with van der Waals surface area (Å²) in [6.45, 7) is 4.56. The number of benzene rings is 2. The summed E-state index contributed by atoms with van der Waals surface area (Å²) in [5.74, 6) is -3.69. The second-order valence-electron chi connectivity index (χ2n) is 7.81. The summed E-state index contributed by atoms with van der Waals surface area (Å²) in [4.78, 5) is 24.8. The van der Waals surface area contributed by atoms with Crippen LogP contribution in [-0.4, -0.2) is 37.0 Å². The first-order chi connectivity index (χ1) is 16.7. The molecule has 0 unspecified atom stereocenters.